The van der Waals surface area contributed by atoms with E-state index >= 15 is 0 Å². The molecule has 6 nitrogen and oxygen atoms in total. The zero-order valence-electron chi connectivity index (χ0n) is 17.1. The number of ketones is 1. The van der Waals surface area contributed by atoms with Crippen molar-refractivity contribution in [2.24, 2.45) is 4.99 Å². The van der Waals surface area contributed by atoms with E-state index in [9.17, 15) is 9.18 Å². The molecule has 0 radical (unpaired) electrons. The first-order valence-corrected chi connectivity index (χ1v) is 11.1. The maximum absolute atomic E-state index is 14.2. The number of aliphatic imine (C=N–C) groups is 1. The predicted molar refractivity (Wildman–Crippen MR) is 123 cm³/mol. The number of fused-ring (bicyclic) bond motifs is 1. The van der Waals surface area contributed by atoms with E-state index < -0.39 is 5.82 Å². The number of hydrogen-bond acceptors (Lipinski definition) is 4. The van der Waals surface area contributed by atoms with Crippen LogP contribution in [0, 0.1) is 5.82 Å². The normalized spacial score (nSPS) is 16.9. The molecule has 1 aliphatic rings. The largest absolute Gasteiger partial charge is 0.369 e. The molecule has 162 valence electrons. The van der Waals surface area contributed by atoms with Crippen molar-refractivity contribution in [3.8, 4) is 0 Å². The highest BCUT2D eigenvalue weighted by Gasteiger charge is 2.23. The molecular formula is C22H21BrClFN4O2. The predicted octanol–water partition coefficient (Wildman–Crippen LogP) is 5.74. The van der Waals surface area contributed by atoms with Gasteiger partial charge in [-0.05, 0) is 53.4 Å². The topological polar surface area (TPSA) is 59.7 Å². The van der Waals surface area contributed by atoms with E-state index in [0.717, 1.165) is 19.3 Å². The van der Waals surface area contributed by atoms with Gasteiger partial charge in [0.1, 0.15) is 17.6 Å². The van der Waals surface area contributed by atoms with Gasteiger partial charge in [-0.15, -0.1) is 0 Å². The Balaban J connectivity index is 1.82. The molecule has 2 heterocycles. The van der Waals surface area contributed by atoms with Crippen LogP contribution in [0.5, 0.6) is 0 Å². The fourth-order valence-corrected chi connectivity index (χ4v) is 4.06. The second kappa shape index (κ2) is 9.06. The Kier molecular flexibility index (Phi) is 6.41. The van der Waals surface area contributed by atoms with Crippen molar-refractivity contribution in [1.82, 2.24) is 14.7 Å². The molecule has 0 spiro atoms. The van der Waals surface area contributed by atoms with Crippen LogP contribution >= 0.6 is 27.5 Å². The summed E-state index contributed by atoms with van der Waals surface area (Å²) < 4.78 is 21.9. The number of carbonyl (C=O) groups is 1. The van der Waals surface area contributed by atoms with Crippen LogP contribution in [0.2, 0.25) is 5.02 Å². The number of rotatable bonds is 5. The van der Waals surface area contributed by atoms with Crippen LogP contribution in [0.25, 0.3) is 10.9 Å². The minimum absolute atomic E-state index is 0.180. The summed E-state index contributed by atoms with van der Waals surface area (Å²) in [6, 6.07) is 6.01. The van der Waals surface area contributed by atoms with E-state index in [1.807, 2.05) is 0 Å². The summed E-state index contributed by atoms with van der Waals surface area (Å²) in [7, 11) is 3.59. The molecule has 0 saturated carbocycles. The van der Waals surface area contributed by atoms with Crippen LogP contribution in [0.1, 0.15) is 41.4 Å². The molecule has 1 aromatic heterocycles. The molecule has 9 heteroatoms. The SMILES string of the molecule is CN(C)C=Nc1cc(F)c(Br)cc1C(=O)c1ccc(Cl)c2nn(C3CCCCO3)cc12. The van der Waals surface area contributed by atoms with Gasteiger partial charge in [-0.2, -0.15) is 5.10 Å². The van der Waals surface area contributed by atoms with E-state index in [-0.39, 0.29) is 27.7 Å². The average Bonchev–Trinajstić information content (AvgIpc) is 3.21. The summed E-state index contributed by atoms with van der Waals surface area (Å²) in [5, 5.41) is 5.66. The van der Waals surface area contributed by atoms with E-state index in [1.54, 1.807) is 42.0 Å². The van der Waals surface area contributed by atoms with Crippen LogP contribution < -0.4 is 0 Å². The van der Waals surface area contributed by atoms with Crippen molar-refractivity contribution in [3.05, 3.63) is 56.9 Å². The second-order valence-electron chi connectivity index (χ2n) is 7.61. The zero-order chi connectivity index (χ0) is 22.1. The third-order valence-electron chi connectivity index (χ3n) is 5.05. The number of nitrogens with zero attached hydrogens (tertiary/aromatic N) is 4. The maximum atomic E-state index is 14.2. The minimum Gasteiger partial charge on any atom is -0.369 e. The Bertz CT molecular complexity index is 1170. The molecule has 3 aromatic rings. The van der Waals surface area contributed by atoms with Crippen molar-refractivity contribution in [1.29, 1.82) is 0 Å². The summed E-state index contributed by atoms with van der Waals surface area (Å²) in [4.78, 5) is 19.5. The third-order valence-corrected chi connectivity index (χ3v) is 5.96. The Morgan fingerprint density at radius 1 is 1.35 bits per heavy atom. The zero-order valence-corrected chi connectivity index (χ0v) is 19.5. The molecule has 1 fully saturated rings. The highest BCUT2D eigenvalue weighted by molar-refractivity contribution is 9.10. The fourth-order valence-electron chi connectivity index (χ4n) is 3.52. The number of carbonyl (C=O) groups excluding carboxylic acids is 1. The van der Waals surface area contributed by atoms with Crippen molar-refractivity contribution in [2.45, 2.75) is 25.5 Å². The van der Waals surface area contributed by atoms with Gasteiger partial charge in [0.15, 0.2) is 5.78 Å². The summed E-state index contributed by atoms with van der Waals surface area (Å²) in [6.07, 6.45) is 6.07. The standard InChI is InChI=1S/C22H21BrClFN4O2/c1-28(2)12-26-19-10-18(25)16(23)9-14(19)22(30)13-6-7-17(24)21-15(13)11-29(27-21)20-5-3-4-8-31-20/h6-7,9-12,20H,3-5,8H2,1-2H3. The molecular weight excluding hydrogens is 487 g/mol. The number of halogens is 3. The molecule has 0 aliphatic carbocycles. The second-order valence-corrected chi connectivity index (χ2v) is 8.87. The van der Waals surface area contributed by atoms with Gasteiger partial charge in [-0.25, -0.2) is 14.1 Å². The van der Waals surface area contributed by atoms with Crippen molar-refractivity contribution in [2.75, 3.05) is 20.7 Å². The van der Waals surface area contributed by atoms with Gasteiger partial charge in [-0.1, -0.05) is 11.6 Å². The lowest BCUT2D eigenvalue weighted by Crippen LogP contribution is -2.18. The molecule has 0 amide bonds. The first-order chi connectivity index (χ1) is 14.8. The van der Waals surface area contributed by atoms with Gasteiger partial charge in [-0.3, -0.25) is 4.79 Å². The lowest BCUT2D eigenvalue weighted by atomic mass is 9.99. The summed E-state index contributed by atoms with van der Waals surface area (Å²) in [5.41, 5.74) is 1.46. The summed E-state index contributed by atoms with van der Waals surface area (Å²) in [6.45, 7) is 0.678. The smallest absolute Gasteiger partial charge is 0.195 e. The Hall–Kier alpha value is -2.29. The van der Waals surface area contributed by atoms with Crippen LogP contribution in [0.3, 0.4) is 0 Å². The van der Waals surface area contributed by atoms with Crippen LogP contribution in [-0.2, 0) is 4.74 Å². The van der Waals surface area contributed by atoms with Crippen molar-refractivity contribution >= 4 is 56.2 Å². The van der Waals surface area contributed by atoms with E-state index in [2.05, 4.69) is 26.0 Å². The van der Waals surface area contributed by atoms with E-state index in [4.69, 9.17) is 16.3 Å². The fraction of sp³-hybridized carbons (Fsp3) is 0.318. The number of benzene rings is 2. The molecule has 0 N–H and O–H groups in total. The molecule has 1 atom stereocenters. The van der Waals surface area contributed by atoms with Gasteiger partial charge < -0.3 is 9.64 Å². The van der Waals surface area contributed by atoms with Crippen LogP contribution in [0.4, 0.5) is 10.1 Å². The van der Waals surface area contributed by atoms with Crippen LogP contribution in [0.15, 0.2) is 39.9 Å². The lowest BCUT2D eigenvalue weighted by molar-refractivity contribution is -0.0390. The monoisotopic (exact) mass is 506 g/mol. The number of ether oxygens (including phenoxy) is 1. The first-order valence-electron chi connectivity index (χ1n) is 9.88. The van der Waals surface area contributed by atoms with Gasteiger partial charge in [0.05, 0.1) is 21.5 Å². The minimum atomic E-state index is -0.494. The Morgan fingerprint density at radius 3 is 2.87 bits per heavy atom. The quantitative estimate of drug-likeness (QED) is 0.251. The van der Waals surface area contributed by atoms with Crippen molar-refractivity contribution in [3.63, 3.8) is 0 Å². The molecule has 0 bridgehead atoms. The van der Waals surface area contributed by atoms with Gasteiger partial charge >= 0.3 is 0 Å². The molecule has 1 aliphatic heterocycles. The summed E-state index contributed by atoms with van der Waals surface area (Å²) in [5.74, 6) is -0.789. The lowest BCUT2D eigenvalue weighted by Gasteiger charge is -2.22. The van der Waals surface area contributed by atoms with E-state index in [0.29, 0.717) is 28.1 Å². The number of hydrogen-bond donors (Lipinski definition) is 0. The van der Waals surface area contributed by atoms with Gasteiger partial charge in [0.25, 0.3) is 0 Å². The molecule has 1 unspecified atom stereocenters. The van der Waals surface area contributed by atoms with E-state index in [1.165, 1.54) is 18.5 Å². The van der Waals surface area contributed by atoms with Gasteiger partial charge in [0.2, 0.25) is 0 Å². The molecule has 31 heavy (non-hydrogen) atoms. The highest BCUT2D eigenvalue weighted by Crippen LogP contribution is 2.33. The number of aromatic nitrogens is 2. The molecule has 1 saturated heterocycles. The highest BCUT2D eigenvalue weighted by atomic mass is 79.9. The molecule has 2 aromatic carbocycles. The van der Waals surface area contributed by atoms with Crippen LogP contribution in [-0.4, -0.2) is 47.5 Å². The average molecular weight is 508 g/mol. The Labute approximate surface area is 192 Å². The third kappa shape index (κ3) is 4.51. The molecule has 4 rings (SSSR count). The Morgan fingerprint density at radius 2 is 2.16 bits per heavy atom. The van der Waals surface area contributed by atoms with Crippen molar-refractivity contribution < 1.29 is 13.9 Å². The maximum Gasteiger partial charge on any atom is 0.195 e. The van der Waals surface area contributed by atoms with Gasteiger partial charge in [0, 0.05) is 49.5 Å². The first kappa shape index (κ1) is 21.9. The summed E-state index contributed by atoms with van der Waals surface area (Å²) >= 11 is 9.55.